The lowest BCUT2D eigenvalue weighted by molar-refractivity contribution is -0.113. The van der Waals surface area contributed by atoms with E-state index in [0.717, 1.165) is 22.6 Å². The van der Waals surface area contributed by atoms with Crippen LogP contribution in [0, 0.1) is 6.92 Å². The molecule has 0 aliphatic rings. The third-order valence-corrected chi connectivity index (χ3v) is 5.93. The van der Waals surface area contributed by atoms with Gasteiger partial charge in [-0.3, -0.25) is 9.36 Å². The molecule has 1 amide bonds. The highest BCUT2D eigenvalue weighted by atomic mass is 35.5. The lowest BCUT2D eigenvalue weighted by atomic mass is 10.2. The van der Waals surface area contributed by atoms with E-state index < -0.39 is 0 Å². The van der Waals surface area contributed by atoms with Crippen LogP contribution in [0.3, 0.4) is 0 Å². The Hall–Kier alpha value is -2.74. The molecule has 2 heterocycles. The van der Waals surface area contributed by atoms with Crippen molar-refractivity contribution in [3.05, 3.63) is 82.2 Å². The molecular formula is C22H18Cl2N4O2S. The number of anilines is 1. The third kappa shape index (κ3) is 5.31. The van der Waals surface area contributed by atoms with E-state index in [1.165, 1.54) is 11.8 Å². The van der Waals surface area contributed by atoms with Crippen molar-refractivity contribution in [2.24, 2.45) is 0 Å². The summed E-state index contributed by atoms with van der Waals surface area (Å²) in [5.41, 5.74) is 2.46. The number of thioether (sulfide) groups is 1. The number of benzene rings is 2. The number of aromatic nitrogens is 3. The van der Waals surface area contributed by atoms with Gasteiger partial charge in [0.2, 0.25) is 5.91 Å². The Bertz CT molecular complexity index is 1210. The van der Waals surface area contributed by atoms with Gasteiger partial charge in [-0.15, -0.1) is 10.2 Å². The molecule has 0 fully saturated rings. The van der Waals surface area contributed by atoms with E-state index in [-0.39, 0.29) is 11.7 Å². The summed E-state index contributed by atoms with van der Waals surface area (Å²) in [6.45, 7) is 2.33. The average molecular weight is 473 g/mol. The zero-order valence-electron chi connectivity index (χ0n) is 16.5. The van der Waals surface area contributed by atoms with E-state index in [1.807, 2.05) is 47.9 Å². The molecule has 2 aromatic heterocycles. The van der Waals surface area contributed by atoms with Crippen LogP contribution in [-0.4, -0.2) is 26.4 Å². The smallest absolute Gasteiger partial charge is 0.234 e. The normalized spacial score (nSPS) is 10.9. The second kappa shape index (κ2) is 9.60. The van der Waals surface area contributed by atoms with Crippen LogP contribution >= 0.6 is 35.0 Å². The molecule has 0 saturated heterocycles. The first-order chi connectivity index (χ1) is 15.0. The van der Waals surface area contributed by atoms with Crippen molar-refractivity contribution < 1.29 is 9.21 Å². The molecule has 0 unspecified atom stereocenters. The Balaban J connectivity index is 1.54. The topological polar surface area (TPSA) is 73.0 Å². The minimum Gasteiger partial charge on any atom is -0.467 e. The zero-order valence-corrected chi connectivity index (χ0v) is 18.8. The number of halogens is 2. The van der Waals surface area contributed by atoms with Crippen molar-refractivity contribution >= 4 is 46.6 Å². The summed E-state index contributed by atoms with van der Waals surface area (Å²) < 4.78 is 7.41. The number of hydrogen-bond donors (Lipinski definition) is 1. The van der Waals surface area contributed by atoms with Gasteiger partial charge in [-0.2, -0.15) is 0 Å². The second-order valence-corrected chi connectivity index (χ2v) is 8.59. The molecule has 9 heteroatoms. The lowest BCUT2D eigenvalue weighted by Gasteiger charge is -2.10. The predicted octanol–water partition coefficient (Wildman–Crippen LogP) is 5.93. The molecule has 0 radical (unpaired) electrons. The van der Waals surface area contributed by atoms with Crippen molar-refractivity contribution in [2.75, 3.05) is 11.1 Å². The van der Waals surface area contributed by atoms with Crippen LogP contribution in [0.5, 0.6) is 0 Å². The maximum absolute atomic E-state index is 12.5. The first-order valence-corrected chi connectivity index (χ1v) is 11.1. The Morgan fingerprint density at radius 1 is 1.10 bits per heavy atom. The van der Waals surface area contributed by atoms with Gasteiger partial charge >= 0.3 is 0 Å². The van der Waals surface area contributed by atoms with Crippen LogP contribution in [-0.2, 0) is 11.3 Å². The molecular weight excluding hydrogens is 455 g/mol. The molecule has 0 aliphatic heterocycles. The molecule has 0 saturated carbocycles. The third-order valence-electron chi connectivity index (χ3n) is 4.49. The molecule has 1 N–H and O–H groups in total. The maximum Gasteiger partial charge on any atom is 0.234 e. The molecule has 158 valence electrons. The van der Waals surface area contributed by atoms with Crippen molar-refractivity contribution in [3.8, 4) is 11.4 Å². The van der Waals surface area contributed by atoms with E-state index >= 15 is 0 Å². The number of carbonyl (C=O) groups is 1. The highest BCUT2D eigenvalue weighted by Gasteiger charge is 2.17. The van der Waals surface area contributed by atoms with Crippen LogP contribution in [0.25, 0.3) is 11.4 Å². The van der Waals surface area contributed by atoms with E-state index in [4.69, 9.17) is 27.6 Å². The Kier molecular flexibility index (Phi) is 6.65. The second-order valence-electron chi connectivity index (χ2n) is 6.78. The van der Waals surface area contributed by atoms with Gasteiger partial charge in [0.15, 0.2) is 11.0 Å². The van der Waals surface area contributed by atoms with Crippen molar-refractivity contribution in [1.29, 1.82) is 0 Å². The van der Waals surface area contributed by atoms with Gasteiger partial charge in [0, 0.05) is 21.3 Å². The Labute approximate surface area is 193 Å². The molecule has 0 atom stereocenters. The summed E-state index contributed by atoms with van der Waals surface area (Å²) in [4.78, 5) is 12.5. The first kappa shape index (κ1) is 21.5. The highest BCUT2D eigenvalue weighted by Crippen LogP contribution is 2.27. The van der Waals surface area contributed by atoms with E-state index in [9.17, 15) is 4.79 Å². The lowest BCUT2D eigenvalue weighted by Crippen LogP contribution is -2.15. The number of nitrogens with one attached hydrogen (secondary N) is 1. The number of hydrogen-bond acceptors (Lipinski definition) is 5. The first-order valence-electron chi connectivity index (χ1n) is 9.40. The molecule has 0 bridgehead atoms. The van der Waals surface area contributed by atoms with Gasteiger partial charge in [0.25, 0.3) is 0 Å². The Morgan fingerprint density at radius 2 is 1.94 bits per heavy atom. The monoisotopic (exact) mass is 472 g/mol. The van der Waals surface area contributed by atoms with E-state index in [2.05, 4.69) is 15.5 Å². The van der Waals surface area contributed by atoms with Crippen LogP contribution in [0.15, 0.2) is 70.4 Å². The SMILES string of the molecule is Cc1cc(Cl)ccc1NC(=O)CSc1nnc(-c2cccc(Cl)c2)n1Cc1ccco1. The molecule has 2 aromatic carbocycles. The summed E-state index contributed by atoms with van der Waals surface area (Å²) in [5, 5.41) is 13.4. The summed E-state index contributed by atoms with van der Waals surface area (Å²) in [6.07, 6.45) is 1.62. The number of carbonyl (C=O) groups excluding carboxylic acids is 1. The van der Waals surface area contributed by atoms with Crippen LogP contribution in [0.1, 0.15) is 11.3 Å². The number of aryl methyl sites for hydroxylation is 1. The number of furan rings is 1. The minimum absolute atomic E-state index is 0.146. The minimum atomic E-state index is -0.146. The molecule has 4 aromatic rings. The summed E-state index contributed by atoms with van der Waals surface area (Å²) in [5.74, 6) is 1.43. The van der Waals surface area contributed by atoms with Crippen molar-refractivity contribution in [2.45, 2.75) is 18.6 Å². The molecule has 0 aliphatic carbocycles. The fourth-order valence-electron chi connectivity index (χ4n) is 3.02. The van der Waals surface area contributed by atoms with E-state index in [0.29, 0.717) is 27.6 Å². The molecule has 0 spiro atoms. The van der Waals surface area contributed by atoms with Crippen LogP contribution < -0.4 is 5.32 Å². The van der Waals surface area contributed by atoms with Gasteiger partial charge in [0.1, 0.15) is 5.76 Å². The van der Waals surface area contributed by atoms with Crippen LogP contribution in [0.2, 0.25) is 10.0 Å². The molecule has 4 rings (SSSR count). The van der Waals surface area contributed by atoms with Gasteiger partial charge in [-0.25, -0.2) is 0 Å². The van der Waals surface area contributed by atoms with Gasteiger partial charge in [-0.1, -0.05) is 47.1 Å². The standard InChI is InChI=1S/C22H18Cl2N4O2S/c1-14-10-17(24)7-8-19(14)25-20(29)13-31-22-27-26-21(15-4-2-5-16(23)11-15)28(22)12-18-6-3-9-30-18/h2-11H,12-13H2,1H3,(H,25,29). The summed E-state index contributed by atoms with van der Waals surface area (Å²) >= 11 is 13.4. The highest BCUT2D eigenvalue weighted by molar-refractivity contribution is 7.99. The van der Waals surface area contributed by atoms with Gasteiger partial charge in [-0.05, 0) is 55.0 Å². The van der Waals surface area contributed by atoms with E-state index in [1.54, 1.807) is 24.5 Å². The van der Waals surface area contributed by atoms with Gasteiger partial charge in [0.05, 0.1) is 18.6 Å². The fraction of sp³-hybridized carbons (Fsp3) is 0.136. The average Bonchev–Trinajstić information content (AvgIpc) is 3.39. The molecule has 31 heavy (non-hydrogen) atoms. The number of nitrogens with zero attached hydrogens (tertiary/aromatic N) is 3. The van der Waals surface area contributed by atoms with Gasteiger partial charge < -0.3 is 9.73 Å². The number of rotatable bonds is 7. The number of amides is 1. The van der Waals surface area contributed by atoms with Crippen LogP contribution in [0.4, 0.5) is 5.69 Å². The van der Waals surface area contributed by atoms with Crippen molar-refractivity contribution in [1.82, 2.24) is 14.8 Å². The summed E-state index contributed by atoms with van der Waals surface area (Å²) in [7, 11) is 0. The Morgan fingerprint density at radius 3 is 2.68 bits per heavy atom. The quantitative estimate of drug-likeness (QED) is 0.337. The maximum atomic E-state index is 12.5. The predicted molar refractivity (Wildman–Crippen MR) is 124 cm³/mol. The summed E-state index contributed by atoms with van der Waals surface area (Å²) in [6, 6.07) is 16.5. The largest absolute Gasteiger partial charge is 0.467 e. The molecule has 6 nitrogen and oxygen atoms in total. The fourth-order valence-corrected chi connectivity index (χ4v) is 4.18. The van der Waals surface area contributed by atoms with Crippen molar-refractivity contribution in [3.63, 3.8) is 0 Å². The zero-order chi connectivity index (χ0) is 21.8.